The standard InChI is InChI=1S/C20H18F3N3O3S/c1-12(19(27)24-15-6-8-16(28-2)9-7-15)30-11-17-25-18(26-29-17)13-4-3-5-14(10-13)20(21,22)23/h3-10,12H,11H2,1-2H3,(H,24,27). The van der Waals surface area contributed by atoms with Gasteiger partial charge in [0.1, 0.15) is 5.75 Å². The molecule has 0 bridgehead atoms. The highest BCUT2D eigenvalue weighted by Crippen LogP contribution is 2.31. The van der Waals surface area contributed by atoms with Crippen molar-refractivity contribution in [3.05, 3.63) is 60.0 Å². The molecule has 0 radical (unpaired) electrons. The van der Waals surface area contributed by atoms with Crippen LogP contribution in [0.2, 0.25) is 0 Å². The van der Waals surface area contributed by atoms with Crippen LogP contribution in [0.25, 0.3) is 11.4 Å². The molecule has 6 nitrogen and oxygen atoms in total. The normalized spacial score (nSPS) is 12.4. The van der Waals surface area contributed by atoms with Gasteiger partial charge in [-0.25, -0.2) is 0 Å². The summed E-state index contributed by atoms with van der Waals surface area (Å²) in [5.74, 6) is 0.998. The molecule has 30 heavy (non-hydrogen) atoms. The molecular weight excluding hydrogens is 419 g/mol. The van der Waals surface area contributed by atoms with Crippen molar-refractivity contribution in [2.75, 3.05) is 12.4 Å². The number of carbonyl (C=O) groups is 1. The first-order chi connectivity index (χ1) is 14.3. The molecule has 1 heterocycles. The predicted octanol–water partition coefficient (Wildman–Crippen LogP) is 5.02. The van der Waals surface area contributed by atoms with E-state index < -0.39 is 17.0 Å². The highest BCUT2D eigenvalue weighted by atomic mass is 32.2. The zero-order valence-electron chi connectivity index (χ0n) is 16.1. The van der Waals surface area contributed by atoms with Crippen LogP contribution < -0.4 is 10.1 Å². The van der Waals surface area contributed by atoms with Gasteiger partial charge in [-0.3, -0.25) is 4.79 Å². The van der Waals surface area contributed by atoms with Crippen molar-refractivity contribution in [2.45, 2.75) is 24.1 Å². The van der Waals surface area contributed by atoms with Gasteiger partial charge in [0.25, 0.3) is 0 Å². The van der Waals surface area contributed by atoms with Crippen LogP contribution in [-0.4, -0.2) is 28.4 Å². The van der Waals surface area contributed by atoms with E-state index in [1.807, 2.05) is 0 Å². The van der Waals surface area contributed by atoms with E-state index in [1.165, 1.54) is 23.9 Å². The predicted molar refractivity (Wildman–Crippen MR) is 107 cm³/mol. The number of alkyl halides is 3. The molecule has 3 aromatic rings. The molecule has 2 aromatic carbocycles. The SMILES string of the molecule is COc1ccc(NC(=O)C(C)SCc2nc(-c3cccc(C(F)(F)F)c3)no2)cc1. The van der Waals surface area contributed by atoms with Crippen LogP contribution in [0.1, 0.15) is 18.4 Å². The van der Waals surface area contributed by atoms with E-state index in [-0.39, 0.29) is 28.9 Å². The zero-order valence-corrected chi connectivity index (χ0v) is 16.9. The number of ether oxygens (including phenoxy) is 1. The number of rotatable bonds is 7. The molecule has 3 rings (SSSR count). The lowest BCUT2D eigenvalue weighted by Gasteiger charge is -2.11. The molecule has 0 saturated carbocycles. The topological polar surface area (TPSA) is 77.2 Å². The Hall–Kier alpha value is -3.01. The second-order valence-corrected chi connectivity index (χ2v) is 7.59. The first kappa shape index (κ1) is 21.7. The lowest BCUT2D eigenvalue weighted by atomic mass is 10.1. The Labute approximate surface area is 174 Å². The van der Waals surface area contributed by atoms with E-state index in [0.29, 0.717) is 11.4 Å². The van der Waals surface area contributed by atoms with Gasteiger partial charge in [0, 0.05) is 11.3 Å². The first-order valence-corrected chi connectivity index (χ1v) is 9.88. The highest BCUT2D eigenvalue weighted by molar-refractivity contribution is 7.99. The van der Waals surface area contributed by atoms with Gasteiger partial charge < -0.3 is 14.6 Å². The molecule has 0 saturated heterocycles. The molecule has 0 fully saturated rings. The summed E-state index contributed by atoms with van der Waals surface area (Å²) in [4.78, 5) is 16.4. The van der Waals surface area contributed by atoms with E-state index in [0.717, 1.165) is 12.1 Å². The first-order valence-electron chi connectivity index (χ1n) is 8.83. The minimum absolute atomic E-state index is 0.0621. The summed E-state index contributed by atoms with van der Waals surface area (Å²) in [5, 5.41) is 6.11. The van der Waals surface area contributed by atoms with Gasteiger partial charge in [0.05, 0.1) is 23.7 Å². The van der Waals surface area contributed by atoms with Gasteiger partial charge in [-0.15, -0.1) is 11.8 Å². The van der Waals surface area contributed by atoms with Crippen LogP contribution in [0.5, 0.6) is 5.75 Å². The molecule has 1 unspecified atom stereocenters. The summed E-state index contributed by atoms with van der Waals surface area (Å²) in [6.07, 6.45) is -4.45. The number of nitrogens with zero attached hydrogens (tertiary/aromatic N) is 2. The average molecular weight is 437 g/mol. The fraction of sp³-hybridized carbons (Fsp3) is 0.250. The minimum Gasteiger partial charge on any atom is -0.497 e. The number of carbonyl (C=O) groups excluding carboxylic acids is 1. The third-order valence-electron chi connectivity index (χ3n) is 4.10. The summed E-state index contributed by atoms with van der Waals surface area (Å²) in [5.41, 5.74) is 0.0533. The fourth-order valence-electron chi connectivity index (χ4n) is 2.46. The number of halogens is 3. The maximum atomic E-state index is 12.9. The van der Waals surface area contributed by atoms with Gasteiger partial charge in [0.2, 0.25) is 17.6 Å². The number of nitrogens with one attached hydrogen (secondary N) is 1. The summed E-state index contributed by atoms with van der Waals surface area (Å²) < 4.78 is 48.7. The van der Waals surface area contributed by atoms with Crippen LogP contribution in [0, 0.1) is 0 Å². The number of methoxy groups -OCH3 is 1. The molecule has 1 amide bonds. The summed E-state index contributed by atoms with van der Waals surface area (Å²) in [6, 6.07) is 11.6. The van der Waals surface area contributed by atoms with Gasteiger partial charge in [-0.05, 0) is 43.3 Å². The van der Waals surface area contributed by atoms with Crippen molar-refractivity contribution in [3.63, 3.8) is 0 Å². The van der Waals surface area contributed by atoms with Crippen molar-refractivity contribution in [1.82, 2.24) is 10.1 Å². The number of aromatic nitrogens is 2. The van der Waals surface area contributed by atoms with Crippen molar-refractivity contribution in [1.29, 1.82) is 0 Å². The summed E-state index contributed by atoms with van der Waals surface area (Å²) >= 11 is 1.27. The molecular formula is C20H18F3N3O3S. The van der Waals surface area contributed by atoms with Crippen molar-refractivity contribution < 1.29 is 27.2 Å². The quantitative estimate of drug-likeness (QED) is 0.559. The third kappa shape index (κ3) is 5.53. The Balaban J connectivity index is 1.57. The average Bonchev–Trinajstić information content (AvgIpc) is 3.21. The summed E-state index contributed by atoms with van der Waals surface area (Å²) in [6.45, 7) is 1.73. The van der Waals surface area contributed by atoms with E-state index in [1.54, 1.807) is 38.3 Å². The Morgan fingerprint density at radius 2 is 1.97 bits per heavy atom. The number of benzene rings is 2. The number of amides is 1. The molecule has 0 aliphatic heterocycles. The molecule has 0 spiro atoms. The highest BCUT2D eigenvalue weighted by Gasteiger charge is 2.30. The fourth-order valence-corrected chi connectivity index (χ4v) is 3.18. The van der Waals surface area contributed by atoms with Crippen LogP contribution >= 0.6 is 11.8 Å². The Morgan fingerprint density at radius 1 is 1.23 bits per heavy atom. The van der Waals surface area contributed by atoms with E-state index >= 15 is 0 Å². The smallest absolute Gasteiger partial charge is 0.416 e. The number of hydrogen-bond donors (Lipinski definition) is 1. The van der Waals surface area contributed by atoms with Gasteiger partial charge in [-0.1, -0.05) is 17.3 Å². The zero-order chi connectivity index (χ0) is 21.7. The molecule has 1 aromatic heterocycles. The lowest BCUT2D eigenvalue weighted by Crippen LogP contribution is -2.22. The van der Waals surface area contributed by atoms with Crippen LogP contribution in [-0.2, 0) is 16.7 Å². The Kier molecular flexibility index (Phi) is 6.66. The van der Waals surface area contributed by atoms with Gasteiger partial charge in [-0.2, -0.15) is 18.2 Å². The lowest BCUT2D eigenvalue weighted by molar-refractivity contribution is -0.137. The Morgan fingerprint density at radius 3 is 2.63 bits per heavy atom. The van der Waals surface area contributed by atoms with E-state index in [2.05, 4.69) is 15.5 Å². The van der Waals surface area contributed by atoms with Crippen LogP contribution in [0.15, 0.2) is 53.1 Å². The van der Waals surface area contributed by atoms with Crippen molar-refractivity contribution >= 4 is 23.4 Å². The van der Waals surface area contributed by atoms with Gasteiger partial charge >= 0.3 is 6.18 Å². The van der Waals surface area contributed by atoms with E-state index in [9.17, 15) is 18.0 Å². The van der Waals surface area contributed by atoms with Crippen molar-refractivity contribution in [2.24, 2.45) is 0 Å². The minimum atomic E-state index is -4.45. The van der Waals surface area contributed by atoms with Crippen LogP contribution in [0.4, 0.5) is 18.9 Å². The Bertz CT molecular complexity index is 1010. The monoisotopic (exact) mass is 437 g/mol. The number of anilines is 1. The summed E-state index contributed by atoms with van der Waals surface area (Å²) in [7, 11) is 1.56. The maximum Gasteiger partial charge on any atom is 0.416 e. The molecule has 1 N–H and O–H groups in total. The largest absolute Gasteiger partial charge is 0.497 e. The molecule has 1 atom stereocenters. The van der Waals surface area contributed by atoms with Crippen LogP contribution in [0.3, 0.4) is 0 Å². The number of hydrogen-bond acceptors (Lipinski definition) is 6. The molecule has 158 valence electrons. The molecule has 0 aliphatic rings. The van der Waals surface area contributed by atoms with Crippen molar-refractivity contribution in [3.8, 4) is 17.1 Å². The second-order valence-electron chi connectivity index (χ2n) is 6.26. The maximum absolute atomic E-state index is 12.9. The van der Waals surface area contributed by atoms with E-state index in [4.69, 9.17) is 9.26 Å². The second kappa shape index (κ2) is 9.21. The van der Waals surface area contributed by atoms with Gasteiger partial charge in [0.15, 0.2) is 0 Å². The molecule has 0 aliphatic carbocycles. The molecule has 10 heteroatoms. The third-order valence-corrected chi connectivity index (χ3v) is 5.23. The number of thioether (sulfide) groups is 1.